The Balaban J connectivity index is 1.11. The van der Waals surface area contributed by atoms with Crippen molar-refractivity contribution >= 4 is 22.8 Å². The molecule has 2 aromatic carbocycles. The normalized spacial score (nSPS) is 22.2. The molecule has 49 heavy (non-hydrogen) atoms. The van der Waals surface area contributed by atoms with E-state index in [1.54, 1.807) is 12.1 Å². The number of dihydropyridines is 1. The minimum atomic E-state index is -0.415. The summed E-state index contributed by atoms with van der Waals surface area (Å²) in [6.07, 6.45) is 8.04. The molecule has 1 aromatic heterocycles. The lowest BCUT2D eigenvalue weighted by atomic mass is 9.84. The van der Waals surface area contributed by atoms with E-state index in [1.807, 2.05) is 12.4 Å². The van der Waals surface area contributed by atoms with Crippen molar-refractivity contribution in [1.82, 2.24) is 15.2 Å². The van der Waals surface area contributed by atoms with Crippen molar-refractivity contribution in [3.63, 3.8) is 0 Å². The molecule has 3 aromatic rings. The number of pyridine rings is 1. The van der Waals surface area contributed by atoms with Gasteiger partial charge in [0.2, 0.25) is 0 Å². The molecule has 5 aliphatic heterocycles. The molecule has 1 atom stereocenters. The number of aromatic nitrogens is 1. The van der Waals surface area contributed by atoms with E-state index < -0.39 is 5.54 Å². The van der Waals surface area contributed by atoms with Gasteiger partial charge in [-0.1, -0.05) is 31.2 Å². The Morgan fingerprint density at radius 3 is 2.67 bits per heavy atom. The summed E-state index contributed by atoms with van der Waals surface area (Å²) in [7, 11) is 0. The molecule has 0 saturated carbocycles. The van der Waals surface area contributed by atoms with Crippen LogP contribution in [0.4, 0.5) is 15.8 Å². The molecule has 254 valence electrons. The highest BCUT2D eigenvalue weighted by Gasteiger charge is 2.41. The molecule has 0 amide bonds. The molecule has 1 unspecified atom stereocenters. The van der Waals surface area contributed by atoms with Crippen LogP contribution in [0.2, 0.25) is 0 Å². The van der Waals surface area contributed by atoms with E-state index in [2.05, 4.69) is 82.6 Å². The zero-order valence-electron chi connectivity index (χ0n) is 28.9. The fraction of sp³-hybridized carbons (Fsp3) is 0.425. The second kappa shape index (κ2) is 13.3. The van der Waals surface area contributed by atoms with Crippen LogP contribution < -0.4 is 15.5 Å². The van der Waals surface area contributed by atoms with Crippen LogP contribution in [0.1, 0.15) is 49.8 Å². The quantitative estimate of drug-likeness (QED) is 0.317. The maximum Gasteiger partial charge on any atom is 0.125 e. The zero-order valence-corrected chi connectivity index (χ0v) is 28.9. The predicted molar refractivity (Wildman–Crippen MR) is 197 cm³/mol. The maximum atomic E-state index is 15.1. The molecule has 9 heteroatoms. The van der Waals surface area contributed by atoms with Crippen molar-refractivity contribution in [1.29, 1.82) is 0 Å². The van der Waals surface area contributed by atoms with Gasteiger partial charge >= 0.3 is 0 Å². The van der Waals surface area contributed by atoms with Crippen LogP contribution in [0.25, 0.3) is 11.1 Å². The smallest absolute Gasteiger partial charge is 0.125 e. The lowest BCUT2D eigenvalue weighted by molar-refractivity contribution is 0.122. The largest absolute Gasteiger partial charge is 0.378 e. The van der Waals surface area contributed by atoms with Gasteiger partial charge in [0.05, 0.1) is 35.9 Å². The fourth-order valence-corrected chi connectivity index (χ4v) is 7.98. The third-order valence-corrected chi connectivity index (χ3v) is 10.6. The van der Waals surface area contributed by atoms with Gasteiger partial charge in [-0.3, -0.25) is 19.9 Å². The second-order valence-corrected chi connectivity index (χ2v) is 14.3. The van der Waals surface area contributed by atoms with Gasteiger partial charge in [-0.25, -0.2) is 4.39 Å². The first-order valence-electron chi connectivity index (χ1n) is 17.9. The standard InChI is InChI=1S/C40H46FN7O/c1-4-27-19-34-33(28-17-31(41)21-32(18-28)48-12-14-49-15-13-48)6-5-7-36(34)45-37(27)38-35-20-30(24-44-39(35)40(2,3)46-38)29-16-26(22-43-23-29)25-47-10-8-42-9-11-47/h5-7,16-18,20-23,30,42,45H,4,8-15,19,24-25H2,1-3H3. The molecule has 0 spiro atoms. The van der Waals surface area contributed by atoms with Gasteiger partial charge in [0, 0.05) is 87.6 Å². The molecule has 8 nitrogen and oxygen atoms in total. The van der Waals surface area contributed by atoms with Gasteiger partial charge in [0.25, 0.3) is 0 Å². The second-order valence-electron chi connectivity index (χ2n) is 14.3. The first kappa shape index (κ1) is 32.0. The highest BCUT2D eigenvalue weighted by Crippen LogP contribution is 2.42. The molecule has 0 radical (unpaired) electrons. The van der Waals surface area contributed by atoms with Crippen LogP contribution in [0.3, 0.4) is 0 Å². The summed E-state index contributed by atoms with van der Waals surface area (Å²) in [6, 6.07) is 14.1. The molecule has 0 bridgehead atoms. The highest BCUT2D eigenvalue weighted by molar-refractivity contribution is 6.37. The number of nitrogens with zero attached hydrogens (tertiary/aromatic N) is 5. The number of ether oxygens (including phenoxy) is 1. The lowest BCUT2D eigenvalue weighted by Crippen LogP contribution is -2.42. The first-order valence-corrected chi connectivity index (χ1v) is 17.9. The Labute approximate surface area is 288 Å². The first-order chi connectivity index (χ1) is 23.9. The predicted octanol–water partition coefficient (Wildman–Crippen LogP) is 6.16. The number of piperazine rings is 1. The molecule has 0 aliphatic carbocycles. The minimum Gasteiger partial charge on any atom is -0.378 e. The van der Waals surface area contributed by atoms with Crippen LogP contribution in [0.15, 0.2) is 87.8 Å². The number of hydrogen-bond acceptors (Lipinski definition) is 8. The van der Waals surface area contributed by atoms with Crippen LogP contribution >= 0.6 is 0 Å². The van der Waals surface area contributed by atoms with Crippen LogP contribution in [-0.2, 0) is 17.7 Å². The molecule has 2 fully saturated rings. The van der Waals surface area contributed by atoms with Crippen LogP contribution in [-0.4, -0.2) is 85.9 Å². The summed E-state index contributed by atoms with van der Waals surface area (Å²) in [5.41, 5.74) is 12.7. The monoisotopic (exact) mass is 659 g/mol. The van der Waals surface area contributed by atoms with Crippen molar-refractivity contribution in [2.24, 2.45) is 9.98 Å². The molecular formula is C40H46FN7O. The number of anilines is 2. The van der Waals surface area contributed by atoms with Gasteiger partial charge in [-0.15, -0.1) is 0 Å². The lowest BCUT2D eigenvalue weighted by Gasteiger charge is -2.30. The SMILES string of the molecule is CCC1=C(C2=NC(C)(C)C3=NCC(c4cncc(CN5CCNCC5)c4)C=C23)Nc2cccc(-c3cc(F)cc(N4CCOCC4)c3)c2C1. The summed E-state index contributed by atoms with van der Waals surface area (Å²) < 4.78 is 20.6. The van der Waals surface area contributed by atoms with E-state index in [0.29, 0.717) is 19.8 Å². The van der Waals surface area contributed by atoms with Gasteiger partial charge in [0.1, 0.15) is 5.82 Å². The average Bonchev–Trinajstić information content (AvgIpc) is 3.40. The number of hydrogen-bond donors (Lipinski definition) is 2. The van der Waals surface area contributed by atoms with Crippen molar-refractivity contribution in [3.05, 3.63) is 100 Å². The third kappa shape index (κ3) is 6.35. The Bertz CT molecular complexity index is 1880. The third-order valence-electron chi connectivity index (χ3n) is 10.6. The highest BCUT2D eigenvalue weighted by atomic mass is 19.1. The Hall–Kier alpha value is -4.18. The molecule has 6 heterocycles. The van der Waals surface area contributed by atoms with E-state index in [1.165, 1.54) is 22.3 Å². The van der Waals surface area contributed by atoms with Gasteiger partial charge in [-0.05, 0) is 84.3 Å². The van der Waals surface area contributed by atoms with Gasteiger partial charge in [-0.2, -0.15) is 0 Å². The zero-order chi connectivity index (χ0) is 33.5. The Kier molecular flexibility index (Phi) is 8.68. The topological polar surface area (TPSA) is 77.4 Å². The Morgan fingerprint density at radius 1 is 1.02 bits per heavy atom. The number of aliphatic imine (C=N–C) groups is 2. The summed E-state index contributed by atoms with van der Waals surface area (Å²) in [5, 5.41) is 7.27. The Morgan fingerprint density at radius 2 is 1.86 bits per heavy atom. The van der Waals surface area contributed by atoms with Crippen molar-refractivity contribution in [2.75, 3.05) is 69.2 Å². The van der Waals surface area contributed by atoms with Crippen molar-refractivity contribution in [2.45, 2.75) is 51.6 Å². The van der Waals surface area contributed by atoms with Crippen molar-refractivity contribution in [3.8, 4) is 11.1 Å². The summed E-state index contributed by atoms with van der Waals surface area (Å²) in [4.78, 5) is 19.9. The van der Waals surface area contributed by atoms with Gasteiger partial charge < -0.3 is 20.3 Å². The summed E-state index contributed by atoms with van der Waals surface area (Å²) >= 11 is 0. The van der Waals surface area contributed by atoms with E-state index in [-0.39, 0.29) is 11.7 Å². The minimum absolute atomic E-state index is 0.134. The molecule has 2 saturated heterocycles. The van der Waals surface area contributed by atoms with E-state index in [0.717, 1.165) is 104 Å². The number of rotatable bonds is 7. The molecular weight excluding hydrogens is 613 g/mol. The number of benzene rings is 2. The molecule has 8 rings (SSSR count). The molecule has 2 N–H and O–H groups in total. The summed E-state index contributed by atoms with van der Waals surface area (Å²) in [5.74, 6) is -0.0832. The summed E-state index contributed by atoms with van der Waals surface area (Å²) in [6.45, 7) is 15.2. The van der Waals surface area contributed by atoms with E-state index in [9.17, 15) is 0 Å². The number of halogens is 1. The number of morpholine rings is 1. The van der Waals surface area contributed by atoms with Gasteiger partial charge in [0.15, 0.2) is 0 Å². The van der Waals surface area contributed by atoms with E-state index >= 15 is 4.39 Å². The fourth-order valence-electron chi connectivity index (χ4n) is 7.98. The number of fused-ring (bicyclic) bond motifs is 2. The number of nitrogens with one attached hydrogen (secondary N) is 2. The van der Waals surface area contributed by atoms with Crippen LogP contribution in [0.5, 0.6) is 0 Å². The van der Waals surface area contributed by atoms with Crippen molar-refractivity contribution < 1.29 is 9.13 Å². The number of allylic oxidation sites excluding steroid dienone is 2. The maximum absolute atomic E-state index is 15.1. The average molecular weight is 660 g/mol. The molecule has 5 aliphatic rings. The van der Waals surface area contributed by atoms with Crippen LogP contribution in [0, 0.1) is 5.82 Å². The van der Waals surface area contributed by atoms with E-state index in [4.69, 9.17) is 14.7 Å².